The van der Waals surface area contributed by atoms with Gasteiger partial charge in [0.15, 0.2) is 0 Å². The van der Waals surface area contributed by atoms with E-state index in [0.29, 0.717) is 51.4 Å². The van der Waals surface area contributed by atoms with Crippen molar-refractivity contribution in [2.75, 3.05) is 70.9 Å². The fraction of sp³-hybridized carbons (Fsp3) is 0.586. The number of β-amino-alcohol motifs (C(OH)–C–C–N with tert-alkyl or cyclic N) is 1. The molecule has 5 N–H and O–H groups in total. The second-order valence-corrected chi connectivity index (χ2v) is 12.6. The molecule has 0 saturated carbocycles. The van der Waals surface area contributed by atoms with E-state index in [1.165, 1.54) is 22.5 Å². The Hall–Kier alpha value is -3.01. The smallest absolute Gasteiger partial charge is 0.267 e. The molecule has 4 rings (SSSR count). The second kappa shape index (κ2) is 14.6. The number of anilines is 1. The van der Waals surface area contributed by atoms with Crippen LogP contribution in [0.1, 0.15) is 53.6 Å². The lowest BCUT2D eigenvalue weighted by Crippen LogP contribution is -2.63. The highest BCUT2D eigenvalue weighted by molar-refractivity contribution is 7.89. The number of nitrogens with two attached hydrogens (primary N) is 1. The summed E-state index contributed by atoms with van der Waals surface area (Å²) in [6, 6.07) is 4.34. The van der Waals surface area contributed by atoms with Gasteiger partial charge in [0.1, 0.15) is 11.4 Å². The van der Waals surface area contributed by atoms with Gasteiger partial charge in [-0.1, -0.05) is 13.3 Å². The number of aliphatic hydroxyl groups excluding tert-OH is 1. The van der Waals surface area contributed by atoms with Crippen LogP contribution in [0.5, 0.6) is 5.75 Å². The Kier molecular flexibility index (Phi) is 11.2. The third-order valence-electron chi connectivity index (χ3n) is 8.00. The Morgan fingerprint density at radius 2 is 1.88 bits per heavy atom. The SMILES string of the molecule is CCCc1cn(CC)c(C(N)=O)c1NC(=O)c1cc(S(=O)(=O)N2CCNCC2N2CCN(CCO)CC2)ccc1OCC. The summed E-state index contributed by atoms with van der Waals surface area (Å²) in [5.74, 6) is -1.02. The van der Waals surface area contributed by atoms with Gasteiger partial charge in [-0.05, 0) is 44.0 Å². The number of piperazine rings is 2. The number of aryl methyl sites for hydroxylation is 2. The average Bonchev–Trinajstić information content (AvgIpc) is 3.35. The van der Waals surface area contributed by atoms with Gasteiger partial charge in [0.25, 0.3) is 11.8 Å². The molecular weight excluding hydrogens is 574 g/mol. The molecule has 1 atom stereocenters. The predicted octanol–water partition coefficient (Wildman–Crippen LogP) is 0.740. The zero-order chi connectivity index (χ0) is 31.1. The Morgan fingerprint density at radius 1 is 1.14 bits per heavy atom. The predicted molar refractivity (Wildman–Crippen MR) is 164 cm³/mol. The molecular formula is C29H45N7O6S. The van der Waals surface area contributed by atoms with Gasteiger partial charge in [0, 0.05) is 65.1 Å². The molecule has 2 aliphatic rings. The Balaban J connectivity index is 1.66. The number of hydrogen-bond acceptors (Lipinski definition) is 9. The number of ether oxygens (including phenoxy) is 1. The number of aliphatic hydroxyl groups is 1. The first kappa shape index (κ1) is 32.9. The van der Waals surface area contributed by atoms with Gasteiger partial charge in [-0.3, -0.25) is 19.4 Å². The molecule has 2 amide bonds. The van der Waals surface area contributed by atoms with Crippen LogP contribution in [0.2, 0.25) is 0 Å². The van der Waals surface area contributed by atoms with Gasteiger partial charge in [0.05, 0.1) is 35.5 Å². The van der Waals surface area contributed by atoms with E-state index in [1.807, 2.05) is 20.0 Å². The number of primary amides is 1. The number of carbonyl (C=O) groups excluding carboxylic acids is 2. The molecule has 43 heavy (non-hydrogen) atoms. The molecule has 0 radical (unpaired) electrons. The van der Waals surface area contributed by atoms with Crippen molar-refractivity contribution in [3.8, 4) is 5.75 Å². The summed E-state index contributed by atoms with van der Waals surface area (Å²) in [7, 11) is -4.00. The number of aromatic nitrogens is 1. The summed E-state index contributed by atoms with van der Waals surface area (Å²) in [6.45, 7) is 11.2. The summed E-state index contributed by atoms with van der Waals surface area (Å²) < 4.78 is 37.2. The first-order valence-corrected chi connectivity index (χ1v) is 16.5. The summed E-state index contributed by atoms with van der Waals surface area (Å²) in [6.07, 6.45) is 2.84. The Bertz CT molecular complexity index is 1390. The summed E-state index contributed by atoms with van der Waals surface area (Å²) in [4.78, 5) is 30.5. The van der Waals surface area contributed by atoms with Gasteiger partial charge < -0.3 is 30.8 Å². The van der Waals surface area contributed by atoms with E-state index in [0.717, 1.165) is 25.1 Å². The van der Waals surface area contributed by atoms with E-state index in [-0.39, 0.29) is 47.8 Å². The second-order valence-electron chi connectivity index (χ2n) is 10.7. The first-order valence-electron chi connectivity index (χ1n) is 15.1. The lowest BCUT2D eigenvalue weighted by molar-refractivity contribution is 0.0299. The molecule has 1 aromatic carbocycles. The standard InChI is InChI=1S/C29H45N7O6S/c1-4-7-21-20-34(5-2)27(28(30)38)26(21)32-29(39)23-18-22(8-9-24(23)42-6-3)43(40,41)36-11-10-31-19-25(36)35-14-12-33(13-15-35)16-17-37/h8-9,18,20,25,31,37H,4-7,10-17,19H2,1-3H3,(H2,30,38)(H,32,39). The maximum Gasteiger partial charge on any atom is 0.267 e. The van der Waals surface area contributed by atoms with Crippen LogP contribution in [0.15, 0.2) is 29.3 Å². The average molecular weight is 620 g/mol. The van der Waals surface area contributed by atoms with Crippen molar-refractivity contribution in [3.05, 3.63) is 41.2 Å². The fourth-order valence-corrected chi connectivity index (χ4v) is 7.50. The first-order chi connectivity index (χ1) is 20.7. The lowest BCUT2D eigenvalue weighted by Gasteiger charge is -2.45. The number of nitrogens with one attached hydrogen (secondary N) is 2. The monoisotopic (exact) mass is 619 g/mol. The van der Waals surface area contributed by atoms with Gasteiger partial charge >= 0.3 is 0 Å². The Labute approximate surface area is 254 Å². The van der Waals surface area contributed by atoms with Crippen molar-refractivity contribution in [2.45, 2.75) is 51.2 Å². The van der Waals surface area contributed by atoms with E-state index in [4.69, 9.17) is 10.5 Å². The largest absolute Gasteiger partial charge is 0.493 e. The zero-order valence-corrected chi connectivity index (χ0v) is 26.2. The van der Waals surface area contributed by atoms with Crippen LogP contribution in [-0.4, -0.2) is 116 Å². The maximum absolute atomic E-state index is 14.1. The molecule has 0 spiro atoms. The van der Waals surface area contributed by atoms with Crippen molar-refractivity contribution < 1.29 is 27.9 Å². The van der Waals surface area contributed by atoms with Crippen LogP contribution < -0.4 is 21.1 Å². The van der Waals surface area contributed by atoms with E-state index in [1.54, 1.807) is 11.5 Å². The fourth-order valence-electron chi connectivity index (χ4n) is 5.86. The topological polar surface area (TPSA) is 162 Å². The molecule has 1 unspecified atom stereocenters. The number of carbonyl (C=O) groups is 2. The zero-order valence-electron chi connectivity index (χ0n) is 25.3. The number of hydrogen-bond donors (Lipinski definition) is 4. The van der Waals surface area contributed by atoms with Crippen LogP contribution in [0.3, 0.4) is 0 Å². The highest BCUT2D eigenvalue weighted by atomic mass is 32.2. The number of rotatable bonds is 13. The number of sulfonamides is 1. The van der Waals surface area contributed by atoms with E-state index in [9.17, 15) is 23.1 Å². The number of nitrogens with zero attached hydrogens (tertiary/aromatic N) is 4. The molecule has 0 bridgehead atoms. The molecule has 14 heteroatoms. The molecule has 2 saturated heterocycles. The number of benzene rings is 1. The van der Waals surface area contributed by atoms with E-state index in [2.05, 4.69) is 20.4 Å². The van der Waals surface area contributed by atoms with Crippen molar-refractivity contribution >= 4 is 27.5 Å². The minimum absolute atomic E-state index is 0.0121. The molecule has 13 nitrogen and oxygen atoms in total. The summed E-state index contributed by atoms with van der Waals surface area (Å²) in [5, 5.41) is 15.5. The summed E-state index contributed by atoms with van der Waals surface area (Å²) in [5.41, 5.74) is 7.07. The van der Waals surface area contributed by atoms with Gasteiger partial charge in [-0.2, -0.15) is 4.31 Å². The molecule has 2 fully saturated rings. The molecule has 3 heterocycles. The van der Waals surface area contributed by atoms with Crippen LogP contribution in [0.4, 0.5) is 5.69 Å². The third-order valence-corrected chi connectivity index (χ3v) is 9.90. The van der Waals surface area contributed by atoms with Crippen molar-refractivity contribution in [2.24, 2.45) is 5.73 Å². The molecule has 2 aromatic rings. The van der Waals surface area contributed by atoms with Crippen molar-refractivity contribution in [1.82, 2.24) is 24.0 Å². The van der Waals surface area contributed by atoms with E-state index >= 15 is 0 Å². The van der Waals surface area contributed by atoms with Crippen LogP contribution in [-0.2, 0) is 23.0 Å². The minimum Gasteiger partial charge on any atom is -0.493 e. The van der Waals surface area contributed by atoms with Crippen molar-refractivity contribution in [3.63, 3.8) is 0 Å². The molecule has 1 aromatic heterocycles. The van der Waals surface area contributed by atoms with E-state index < -0.39 is 21.8 Å². The van der Waals surface area contributed by atoms with Gasteiger partial charge in [0.2, 0.25) is 10.0 Å². The lowest BCUT2D eigenvalue weighted by atomic mass is 10.1. The molecule has 238 valence electrons. The molecule has 0 aliphatic carbocycles. The minimum atomic E-state index is -4.00. The third kappa shape index (κ3) is 7.21. The van der Waals surface area contributed by atoms with Gasteiger partial charge in [-0.15, -0.1) is 0 Å². The van der Waals surface area contributed by atoms with Gasteiger partial charge in [-0.25, -0.2) is 8.42 Å². The quantitative estimate of drug-likeness (QED) is 0.253. The summed E-state index contributed by atoms with van der Waals surface area (Å²) >= 11 is 0. The highest BCUT2D eigenvalue weighted by Gasteiger charge is 2.38. The Morgan fingerprint density at radius 3 is 2.51 bits per heavy atom. The van der Waals surface area contributed by atoms with Crippen LogP contribution in [0, 0.1) is 0 Å². The highest BCUT2D eigenvalue weighted by Crippen LogP contribution is 2.30. The van der Waals surface area contributed by atoms with Crippen LogP contribution >= 0.6 is 0 Å². The number of amides is 2. The molecule has 2 aliphatic heterocycles. The van der Waals surface area contributed by atoms with Crippen molar-refractivity contribution in [1.29, 1.82) is 0 Å². The van der Waals surface area contributed by atoms with Crippen LogP contribution in [0.25, 0.3) is 0 Å². The maximum atomic E-state index is 14.1. The normalized spacial score (nSPS) is 18.9.